The third-order valence-electron chi connectivity index (χ3n) is 2.71. The number of benzene rings is 1. The van der Waals surface area contributed by atoms with Crippen molar-refractivity contribution in [3.63, 3.8) is 0 Å². The molecule has 1 aliphatic heterocycles. The summed E-state index contributed by atoms with van der Waals surface area (Å²) in [6, 6.07) is 8.08. The van der Waals surface area contributed by atoms with Crippen LogP contribution in [-0.4, -0.2) is 16.6 Å². The molecule has 0 spiro atoms. The molecule has 2 heterocycles. The molecule has 0 atom stereocenters. The van der Waals surface area contributed by atoms with E-state index in [-0.39, 0.29) is 0 Å². The molecule has 4 nitrogen and oxygen atoms in total. The number of fused-ring (bicyclic) bond motifs is 1. The van der Waals surface area contributed by atoms with Crippen LogP contribution in [0.4, 0.5) is 5.95 Å². The summed E-state index contributed by atoms with van der Waals surface area (Å²) in [5, 5.41) is 0. The summed E-state index contributed by atoms with van der Waals surface area (Å²) in [4.78, 5) is 9.31. The van der Waals surface area contributed by atoms with Crippen molar-refractivity contribution in [2.24, 2.45) is 0 Å². The van der Waals surface area contributed by atoms with Crippen molar-refractivity contribution in [3.05, 3.63) is 42.2 Å². The Hall–Kier alpha value is -1.75. The average Bonchev–Trinajstić information content (AvgIpc) is 2.46. The van der Waals surface area contributed by atoms with Gasteiger partial charge >= 0.3 is 0 Å². The topological polar surface area (TPSA) is 47.0 Å². The van der Waals surface area contributed by atoms with Crippen molar-refractivity contribution >= 4 is 17.9 Å². The summed E-state index contributed by atoms with van der Waals surface area (Å²) in [7, 11) is 0. The Morgan fingerprint density at radius 1 is 1.22 bits per heavy atom. The van der Waals surface area contributed by atoms with Gasteiger partial charge in [0, 0.05) is 17.3 Å². The maximum Gasteiger partial charge on any atom is 0.233 e. The SMILES string of the molecule is c1cnc(NSc2ccc3c(c2)OCCC3)nc1. The summed E-state index contributed by atoms with van der Waals surface area (Å²) < 4.78 is 8.75. The van der Waals surface area contributed by atoms with Gasteiger partial charge in [0.05, 0.1) is 6.61 Å². The van der Waals surface area contributed by atoms with Crippen LogP contribution < -0.4 is 9.46 Å². The molecule has 1 N–H and O–H groups in total. The third kappa shape index (κ3) is 2.56. The normalized spacial score (nSPS) is 13.6. The highest BCUT2D eigenvalue weighted by Crippen LogP contribution is 2.30. The standard InChI is InChI=1S/C13H13N3OS/c1-3-10-4-5-11(9-12(10)17-8-1)18-16-13-14-6-2-7-15-13/h2,4-7,9H,1,3,8H2,(H,14,15,16). The molecule has 2 aromatic rings. The molecule has 5 heteroatoms. The highest BCUT2D eigenvalue weighted by molar-refractivity contribution is 8.00. The van der Waals surface area contributed by atoms with Crippen LogP contribution in [0.3, 0.4) is 0 Å². The van der Waals surface area contributed by atoms with Crippen molar-refractivity contribution in [3.8, 4) is 5.75 Å². The van der Waals surface area contributed by atoms with Gasteiger partial charge in [-0.1, -0.05) is 6.07 Å². The fraction of sp³-hybridized carbons (Fsp3) is 0.231. The lowest BCUT2D eigenvalue weighted by atomic mass is 10.1. The first kappa shape index (κ1) is 11.3. The van der Waals surface area contributed by atoms with E-state index in [1.54, 1.807) is 18.5 Å². The molecule has 0 radical (unpaired) electrons. The maximum absolute atomic E-state index is 5.64. The van der Waals surface area contributed by atoms with Gasteiger partial charge in [-0.05, 0) is 48.6 Å². The summed E-state index contributed by atoms with van der Waals surface area (Å²) in [5.74, 6) is 1.61. The molecule has 0 saturated heterocycles. The lowest BCUT2D eigenvalue weighted by molar-refractivity contribution is 0.287. The Morgan fingerprint density at radius 2 is 2.11 bits per heavy atom. The third-order valence-corrected chi connectivity index (χ3v) is 3.49. The number of ether oxygens (including phenoxy) is 1. The van der Waals surface area contributed by atoms with Gasteiger partial charge in [-0.3, -0.25) is 4.72 Å². The fourth-order valence-corrected chi connectivity index (χ4v) is 2.46. The largest absolute Gasteiger partial charge is 0.493 e. The highest BCUT2D eigenvalue weighted by Gasteiger charge is 2.10. The fourth-order valence-electron chi connectivity index (χ4n) is 1.84. The second-order valence-electron chi connectivity index (χ2n) is 4.00. The molecule has 1 aromatic carbocycles. The zero-order chi connectivity index (χ0) is 12.2. The maximum atomic E-state index is 5.64. The quantitative estimate of drug-likeness (QED) is 0.859. The number of aryl methyl sites for hydroxylation is 1. The minimum atomic E-state index is 0.612. The molecule has 3 rings (SSSR count). The average molecular weight is 259 g/mol. The molecule has 1 aliphatic rings. The van der Waals surface area contributed by atoms with Gasteiger partial charge in [0.2, 0.25) is 5.95 Å². The number of nitrogens with zero attached hydrogens (tertiary/aromatic N) is 2. The summed E-state index contributed by atoms with van der Waals surface area (Å²) >= 11 is 1.49. The monoisotopic (exact) mass is 259 g/mol. The van der Waals surface area contributed by atoms with Crippen LogP contribution in [-0.2, 0) is 6.42 Å². The van der Waals surface area contributed by atoms with Gasteiger partial charge < -0.3 is 4.74 Å². The minimum absolute atomic E-state index is 0.612. The molecule has 0 amide bonds. The minimum Gasteiger partial charge on any atom is -0.493 e. The van der Waals surface area contributed by atoms with Crippen LogP contribution in [0.2, 0.25) is 0 Å². The van der Waals surface area contributed by atoms with E-state index in [4.69, 9.17) is 4.74 Å². The highest BCUT2D eigenvalue weighted by atomic mass is 32.2. The van der Waals surface area contributed by atoms with Gasteiger partial charge in [-0.15, -0.1) is 0 Å². The van der Waals surface area contributed by atoms with E-state index in [0.29, 0.717) is 5.95 Å². The molecule has 92 valence electrons. The number of aromatic nitrogens is 2. The lowest BCUT2D eigenvalue weighted by Crippen LogP contribution is -2.08. The Balaban J connectivity index is 1.70. The van der Waals surface area contributed by atoms with E-state index >= 15 is 0 Å². The Labute approximate surface area is 110 Å². The van der Waals surface area contributed by atoms with Crippen LogP contribution in [0, 0.1) is 0 Å². The molecule has 0 bridgehead atoms. The molecule has 0 fully saturated rings. The summed E-state index contributed by atoms with van der Waals surface area (Å²) in [6.45, 7) is 0.816. The van der Waals surface area contributed by atoms with Crippen molar-refractivity contribution < 1.29 is 4.74 Å². The second kappa shape index (κ2) is 5.27. The first-order valence-electron chi connectivity index (χ1n) is 5.87. The van der Waals surface area contributed by atoms with Crippen LogP contribution in [0.1, 0.15) is 12.0 Å². The predicted octanol–water partition coefficient (Wildman–Crippen LogP) is 2.92. The van der Waals surface area contributed by atoms with Crippen molar-refractivity contribution in [2.45, 2.75) is 17.7 Å². The zero-order valence-corrected chi connectivity index (χ0v) is 10.6. The van der Waals surface area contributed by atoms with E-state index in [2.05, 4.69) is 32.9 Å². The van der Waals surface area contributed by atoms with Gasteiger partial charge in [-0.2, -0.15) is 0 Å². The van der Waals surface area contributed by atoms with Crippen LogP contribution in [0.5, 0.6) is 5.75 Å². The summed E-state index contributed by atoms with van der Waals surface area (Å²) in [6.07, 6.45) is 5.64. The van der Waals surface area contributed by atoms with E-state index in [9.17, 15) is 0 Å². The first-order valence-corrected chi connectivity index (χ1v) is 6.69. The number of anilines is 1. The van der Waals surface area contributed by atoms with Crippen molar-refractivity contribution in [1.29, 1.82) is 0 Å². The van der Waals surface area contributed by atoms with Gasteiger partial charge in [0.1, 0.15) is 5.75 Å². The Morgan fingerprint density at radius 3 is 3.00 bits per heavy atom. The molecular weight excluding hydrogens is 246 g/mol. The number of nitrogens with one attached hydrogen (secondary N) is 1. The van der Waals surface area contributed by atoms with Crippen molar-refractivity contribution in [1.82, 2.24) is 9.97 Å². The van der Waals surface area contributed by atoms with Crippen LogP contribution >= 0.6 is 11.9 Å². The lowest BCUT2D eigenvalue weighted by Gasteiger charge is -2.17. The van der Waals surface area contributed by atoms with Crippen molar-refractivity contribution in [2.75, 3.05) is 11.3 Å². The molecule has 18 heavy (non-hydrogen) atoms. The summed E-state index contributed by atoms with van der Waals surface area (Å²) in [5.41, 5.74) is 1.29. The van der Waals surface area contributed by atoms with Crippen LogP contribution in [0.25, 0.3) is 0 Å². The Kier molecular flexibility index (Phi) is 3.32. The van der Waals surface area contributed by atoms with Gasteiger partial charge in [-0.25, -0.2) is 9.97 Å². The van der Waals surface area contributed by atoms with E-state index in [1.807, 2.05) is 0 Å². The van der Waals surface area contributed by atoms with E-state index in [1.165, 1.54) is 17.5 Å². The predicted molar refractivity (Wildman–Crippen MR) is 71.8 cm³/mol. The smallest absolute Gasteiger partial charge is 0.233 e. The molecule has 0 unspecified atom stereocenters. The van der Waals surface area contributed by atoms with Gasteiger partial charge in [0.25, 0.3) is 0 Å². The van der Waals surface area contributed by atoms with Gasteiger partial charge in [0.15, 0.2) is 0 Å². The second-order valence-corrected chi connectivity index (χ2v) is 4.88. The number of rotatable bonds is 3. The zero-order valence-electron chi connectivity index (χ0n) is 9.80. The van der Waals surface area contributed by atoms with E-state index in [0.717, 1.165) is 30.1 Å². The van der Waals surface area contributed by atoms with Crippen LogP contribution in [0.15, 0.2) is 41.6 Å². The van der Waals surface area contributed by atoms with E-state index < -0.39 is 0 Å². The molecule has 0 saturated carbocycles. The molecular formula is C13H13N3OS. The number of hydrogen-bond donors (Lipinski definition) is 1. The molecule has 0 aliphatic carbocycles. The molecule has 1 aromatic heterocycles. The first-order chi connectivity index (χ1) is 8.92. The number of hydrogen-bond acceptors (Lipinski definition) is 5. The Bertz CT molecular complexity index is 533.